The normalized spacial score (nSPS) is 21.8. The minimum absolute atomic E-state index is 0.000741. The molecule has 0 bridgehead atoms. The van der Waals surface area contributed by atoms with Gasteiger partial charge < -0.3 is 10.1 Å². The molecule has 1 heterocycles. The number of hydrogen-bond donors (Lipinski definition) is 1. The maximum Gasteiger partial charge on any atom is 0.246 e. The van der Waals surface area contributed by atoms with Crippen LogP contribution in [0.3, 0.4) is 0 Å². The second kappa shape index (κ2) is 4.27. The van der Waals surface area contributed by atoms with E-state index in [0.29, 0.717) is 6.54 Å². The molecule has 0 spiro atoms. The molecule has 1 N–H and O–H groups in total. The monoisotopic (exact) mass is 303 g/mol. The lowest BCUT2D eigenvalue weighted by atomic mass is 10.1. The largest absolute Gasteiger partial charge is 0.362 e. The van der Waals surface area contributed by atoms with Crippen molar-refractivity contribution in [3.8, 4) is 0 Å². The average molecular weight is 303 g/mol. The smallest absolute Gasteiger partial charge is 0.246 e. The van der Waals surface area contributed by atoms with Gasteiger partial charge in [-0.2, -0.15) is 0 Å². The lowest BCUT2D eigenvalue weighted by Gasteiger charge is -2.24. The van der Waals surface area contributed by atoms with Crippen LogP contribution in [0.25, 0.3) is 0 Å². The Labute approximate surface area is 96.0 Å². The molecule has 0 radical (unpaired) electrons. The number of benzene rings is 1. The molecule has 4 heteroatoms. The fraction of sp³-hybridized carbons (Fsp3) is 0.300. The predicted octanol–water partition coefficient (Wildman–Crippen LogP) is 1.48. The molecule has 1 aliphatic rings. The molecule has 0 saturated carbocycles. The summed E-state index contributed by atoms with van der Waals surface area (Å²) in [6.07, 6.45) is 0.000741. The molecule has 1 saturated heterocycles. The van der Waals surface area contributed by atoms with Gasteiger partial charge in [-0.3, -0.25) is 4.79 Å². The van der Waals surface area contributed by atoms with Crippen molar-refractivity contribution in [2.75, 3.05) is 13.2 Å². The lowest BCUT2D eigenvalue weighted by Crippen LogP contribution is -2.38. The van der Waals surface area contributed by atoms with Crippen molar-refractivity contribution in [3.05, 3.63) is 33.4 Å². The van der Waals surface area contributed by atoms with Crippen LogP contribution in [-0.2, 0) is 9.53 Å². The molecule has 0 unspecified atom stereocenters. The summed E-state index contributed by atoms with van der Waals surface area (Å²) in [5.74, 6) is -0.0350. The molecule has 1 fully saturated rings. The van der Waals surface area contributed by atoms with Gasteiger partial charge in [-0.1, -0.05) is 18.2 Å². The summed E-state index contributed by atoms with van der Waals surface area (Å²) in [5, 5.41) is 2.79. The van der Waals surface area contributed by atoms with Gasteiger partial charge >= 0.3 is 0 Å². The number of carbonyl (C=O) groups is 1. The molecule has 0 aromatic heterocycles. The molecule has 1 atom stereocenters. The number of amides is 1. The van der Waals surface area contributed by atoms with E-state index in [1.165, 1.54) is 3.57 Å². The van der Waals surface area contributed by atoms with Gasteiger partial charge in [0.1, 0.15) is 12.7 Å². The number of nitrogens with one attached hydrogen (secondary N) is 1. The fourth-order valence-electron chi connectivity index (χ4n) is 1.43. The third-order valence-electron chi connectivity index (χ3n) is 2.15. The van der Waals surface area contributed by atoms with Crippen molar-refractivity contribution in [1.29, 1.82) is 0 Å². The Morgan fingerprint density at radius 1 is 1.43 bits per heavy atom. The minimum atomic E-state index is -0.0350. The first kappa shape index (κ1) is 9.92. The van der Waals surface area contributed by atoms with E-state index in [1.54, 1.807) is 0 Å². The third-order valence-corrected chi connectivity index (χ3v) is 3.13. The van der Waals surface area contributed by atoms with Crippen molar-refractivity contribution in [3.63, 3.8) is 0 Å². The molecule has 2 rings (SSSR count). The van der Waals surface area contributed by atoms with Crippen LogP contribution in [0.2, 0.25) is 0 Å². The molecule has 14 heavy (non-hydrogen) atoms. The summed E-state index contributed by atoms with van der Waals surface area (Å²) in [5.41, 5.74) is 1.15. The highest BCUT2D eigenvalue weighted by atomic mass is 127. The van der Waals surface area contributed by atoms with Crippen LogP contribution in [0.4, 0.5) is 0 Å². The number of ether oxygens (including phenoxy) is 1. The maximum absolute atomic E-state index is 10.9. The molecule has 1 aromatic rings. The summed E-state index contributed by atoms with van der Waals surface area (Å²) >= 11 is 2.28. The first-order valence-corrected chi connectivity index (χ1v) is 5.48. The summed E-state index contributed by atoms with van der Waals surface area (Å²) in [6, 6.07) is 8.05. The lowest BCUT2D eigenvalue weighted by molar-refractivity contribution is -0.133. The van der Waals surface area contributed by atoms with E-state index >= 15 is 0 Å². The Hall–Kier alpha value is -0.620. The second-order valence-electron chi connectivity index (χ2n) is 3.13. The van der Waals surface area contributed by atoms with Crippen LogP contribution in [0, 0.1) is 3.57 Å². The molecule has 1 aliphatic heterocycles. The highest BCUT2D eigenvalue weighted by Gasteiger charge is 2.21. The molecule has 1 amide bonds. The Bertz CT molecular complexity index is 344. The quantitative estimate of drug-likeness (QED) is 0.798. The molecule has 74 valence electrons. The fourth-order valence-corrected chi connectivity index (χ4v) is 2.16. The molecule has 1 aromatic carbocycles. The zero-order chi connectivity index (χ0) is 9.97. The zero-order valence-electron chi connectivity index (χ0n) is 7.50. The van der Waals surface area contributed by atoms with Gasteiger partial charge in [0.15, 0.2) is 0 Å². The Morgan fingerprint density at radius 3 is 2.86 bits per heavy atom. The zero-order valence-corrected chi connectivity index (χ0v) is 9.65. The van der Waals surface area contributed by atoms with Gasteiger partial charge in [0.2, 0.25) is 5.91 Å². The van der Waals surface area contributed by atoms with Crippen molar-refractivity contribution < 1.29 is 9.53 Å². The topological polar surface area (TPSA) is 38.3 Å². The number of rotatable bonds is 1. The number of halogens is 1. The van der Waals surface area contributed by atoms with Crippen LogP contribution in [-0.4, -0.2) is 19.1 Å². The maximum atomic E-state index is 10.9. The second-order valence-corrected chi connectivity index (χ2v) is 4.29. The van der Waals surface area contributed by atoms with Gasteiger partial charge in [-0.05, 0) is 34.2 Å². The third kappa shape index (κ3) is 2.06. The predicted molar refractivity (Wildman–Crippen MR) is 60.9 cm³/mol. The van der Waals surface area contributed by atoms with Crippen molar-refractivity contribution in [2.45, 2.75) is 6.10 Å². The van der Waals surface area contributed by atoms with Crippen LogP contribution in [0.1, 0.15) is 11.7 Å². The average Bonchev–Trinajstić information content (AvgIpc) is 2.20. The number of morpholine rings is 1. The highest BCUT2D eigenvalue weighted by Crippen LogP contribution is 2.23. The SMILES string of the molecule is O=C1CO[C@H](c2ccccc2I)CN1. The van der Waals surface area contributed by atoms with Gasteiger partial charge in [0, 0.05) is 10.1 Å². The van der Waals surface area contributed by atoms with E-state index in [-0.39, 0.29) is 18.6 Å². The van der Waals surface area contributed by atoms with Crippen LogP contribution >= 0.6 is 22.6 Å². The summed E-state index contributed by atoms with van der Waals surface area (Å²) in [7, 11) is 0. The Balaban J connectivity index is 2.16. The summed E-state index contributed by atoms with van der Waals surface area (Å²) < 4.78 is 6.61. The van der Waals surface area contributed by atoms with Crippen molar-refractivity contribution in [1.82, 2.24) is 5.32 Å². The Morgan fingerprint density at radius 2 is 2.21 bits per heavy atom. The highest BCUT2D eigenvalue weighted by molar-refractivity contribution is 14.1. The first-order chi connectivity index (χ1) is 6.77. The number of hydrogen-bond acceptors (Lipinski definition) is 2. The van der Waals surface area contributed by atoms with Crippen molar-refractivity contribution >= 4 is 28.5 Å². The minimum Gasteiger partial charge on any atom is -0.362 e. The van der Waals surface area contributed by atoms with E-state index in [1.807, 2.05) is 24.3 Å². The molecule has 3 nitrogen and oxygen atoms in total. The number of carbonyl (C=O) groups excluding carboxylic acids is 1. The standard InChI is InChI=1S/C10H10INO2/c11-8-4-2-1-3-7(8)9-5-12-10(13)6-14-9/h1-4,9H,5-6H2,(H,12,13)/t9-/m0/s1. The first-order valence-electron chi connectivity index (χ1n) is 4.40. The van der Waals surface area contributed by atoms with E-state index < -0.39 is 0 Å². The molecular formula is C10H10INO2. The van der Waals surface area contributed by atoms with Crippen LogP contribution < -0.4 is 5.32 Å². The van der Waals surface area contributed by atoms with Gasteiger partial charge in [0.25, 0.3) is 0 Å². The Kier molecular flexibility index (Phi) is 3.02. The summed E-state index contributed by atoms with van der Waals surface area (Å²) in [6.45, 7) is 0.731. The van der Waals surface area contributed by atoms with E-state index in [9.17, 15) is 4.79 Å². The van der Waals surface area contributed by atoms with Crippen LogP contribution in [0.5, 0.6) is 0 Å². The van der Waals surface area contributed by atoms with Gasteiger partial charge in [-0.25, -0.2) is 0 Å². The summed E-state index contributed by atoms with van der Waals surface area (Å²) in [4.78, 5) is 10.9. The molecular weight excluding hydrogens is 293 g/mol. The molecule has 0 aliphatic carbocycles. The van der Waals surface area contributed by atoms with Gasteiger partial charge in [-0.15, -0.1) is 0 Å². The van der Waals surface area contributed by atoms with Gasteiger partial charge in [0.05, 0.1) is 0 Å². The van der Waals surface area contributed by atoms with E-state index in [2.05, 4.69) is 27.9 Å². The van der Waals surface area contributed by atoms with E-state index in [0.717, 1.165) is 5.56 Å². The van der Waals surface area contributed by atoms with E-state index in [4.69, 9.17) is 4.74 Å². The van der Waals surface area contributed by atoms with Crippen LogP contribution in [0.15, 0.2) is 24.3 Å². The van der Waals surface area contributed by atoms with Crippen molar-refractivity contribution in [2.24, 2.45) is 0 Å².